The van der Waals surface area contributed by atoms with Gasteiger partial charge in [-0.15, -0.1) is 0 Å². The summed E-state index contributed by atoms with van der Waals surface area (Å²) in [5, 5.41) is 3.25. The van der Waals surface area contributed by atoms with Crippen molar-refractivity contribution in [3.8, 4) is 0 Å². The van der Waals surface area contributed by atoms with E-state index in [-0.39, 0.29) is 18.9 Å². The zero-order valence-electron chi connectivity index (χ0n) is 13.3. The molecule has 1 saturated heterocycles. The minimum absolute atomic E-state index is 0.0322. The van der Waals surface area contributed by atoms with Crippen LogP contribution in [-0.4, -0.2) is 35.6 Å². The van der Waals surface area contributed by atoms with Crippen LogP contribution in [0.4, 0.5) is 18.9 Å². The Hall–Kier alpha value is -1.72. The molecule has 23 heavy (non-hydrogen) atoms. The van der Waals surface area contributed by atoms with Gasteiger partial charge in [0.2, 0.25) is 0 Å². The Kier molecular flexibility index (Phi) is 3.81. The van der Waals surface area contributed by atoms with Crippen molar-refractivity contribution in [1.82, 2.24) is 4.90 Å². The number of fused-ring (bicyclic) bond motifs is 1. The van der Waals surface area contributed by atoms with Crippen LogP contribution in [0, 0.1) is 5.92 Å². The lowest BCUT2D eigenvalue weighted by Gasteiger charge is -2.37. The molecule has 1 atom stereocenters. The highest BCUT2D eigenvalue weighted by molar-refractivity contribution is 5.98. The summed E-state index contributed by atoms with van der Waals surface area (Å²) in [5.74, 6) is -1.76. The summed E-state index contributed by atoms with van der Waals surface area (Å²) < 4.78 is 39.7. The van der Waals surface area contributed by atoms with Gasteiger partial charge in [0.05, 0.1) is 5.92 Å². The topological polar surface area (TPSA) is 32.3 Å². The van der Waals surface area contributed by atoms with Gasteiger partial charge in [-0.2, -0.15) is 13.2 Å². The molecular weight excluding hydrogens is 305 g/mol. The van der Waals surface area contributed by atoms with Gasteiger partial charge in [-0.05, 0) is 50.8 Å². The Morgan fingerprint density at radius 3 is 2.74 bits per heavy atom. The van der Waals surface area contributed by atoms with Gasteiger partial charge < -0.3 is 10.2 Å². The number of carbonyl (C=O) groups is 1. The van der Waals surface area contributed by atoms with Gasteiger partial charge in [-0.3, -0.25) is 4.79 Å². The summed E-state index contributed by atoms with van der Waals surface area (Å²) in [6.07, 6.45) is -2.61. The Balaban J connectivity index is 1.93. The first-order valence-corrected chi connectivity index (χ1v) is 7.97. The maximum atomic E-state index is 13.2. The number of nitrogens with one attached hydrogen (secondary N) is 1. The third-order valence-corrected chi connectivity index (χ3v) is 5.16. The van der Waals surface area contributed by atoms with Crippen molar-refractivity contribution in [2.45, 2.75) is 44.8 Å². The minimum Gasteiger partial charge on any atom is -0.385 e. The van der Waals surface area contributed by atoms with Crippen molar-refractivity contribution >= 4 is 11.6 Å². The van der Waals surface area contributed by atoms with Gasteiger partial charge in [-0.25, -0.2) is 0 Å². The molecule has 2 aliphatic heterocycles. The van der Waals surface area contributed by atoms with E-state index in [2.05, 4.69) is 5.32 Å². The van der Waals surface area contributed by atoms with Crippen LogP contribution in [0.15, 0.2) is 18.2 Å². The second kappa shape index (κ2) is 5.42. The molecule has 0 bridgehead atoms. The molecule has 1 N–H and O–H groups in total. The zero-order valence-corrected chi connectivity index (χ0v) is 13.3. The number of carbonyl (C=O) groups excluding carboxylic acids is 1. The smallest absolute Gasteiger partial charge is 0.385 e. The molecule has 1 fully saturated rings. The van der Waals surface area contributed by atoms with Crippen LogP contribution in [0.5, 0.6) is 0 Å². The molecular formula is C17H21F3N2O. The molecule has 2 aliphatic rings. The van der Waals surface area contributed by atoms with E-state index < -0.39 is 17.6 Å². The average Bonchev–Trinajstić information content (AvgIpc) is 2.81. The summed E-state index contributed by atoms with van der Waals surface area (Å²) in [6.45, 7) is 4.04. The van der Waals surface area contributed by atoms with Crippen molar-refractivity contribution in [1.29, 1.82) is 0 Å². The number of halogens is 3. The van der Waals surface area contributed by atoms with Crippen LogP contribution >= 0.6 is 0 Å². The molecule has 0 aliphatic carbocycles. The molecule has 0 spiro atoms. The number of hydrogen-bond donors (Lipinski definition) is 1. The highest BCUT2D eigenvalue weighted by Gasteiger charge is 2.56. The molecule has 1 aromatic carbocycles. The summed E-state index contributed by atoms with van der Waals surface area (Å²) in [7, 11) is 0. The number of rotatable bonds is 1. The zero-order chi connectivity index (χ0) is 16.8. The highest BCUT2D eigenvalue weighted by Crippen LogP contribution is 2.45. The van der Waals surface area contributed by atoms with Crippen LogP contribution in [0.2, 0.25) is 0 Å². The Bertz CT molecular complexity index is 625. The third kappa shape index (κ3) is 2.68. The Morgan fingerprint density at radius 1 is 1.35 bits per heavy atom. The maximum Gasteiger partial charge on any atom is 0.394 e. The van der Waals surface area contributed by atoms with E-state index in [4.69, 9.17) is 0 Å². The molecule has 6 heteroatoms. The third-order valence-electron chi connectivity index (χ3n) is 5.16. The SMILES string of the molecule is CC1(C)C(C(F)(F)F)CCN1C(=O)c1cccc2c1CCCN2. The fraction of sp³-hybridized carbons (Fsp3) is 0.588. The Labute approximate surface area is 133 Å². The van der Waals surface area contributed by atoms with Crippen molar-refractivity contribution in [3.05, 3.63) is 29.3 Å². The summed E-state index contributed by atoms with van der Waals surface area (Å²) >= 11 is 0. The fourth-order valence-electron chi connectivity index (χ4n) is 3.87. The van der Waals surface area contributed by atoms with E-state index in [0.717, 1.165) is 30.6 Å². The maximum absolute atomic E-state index is 13.2. The number of likely N-dealkylation sites (tertiary alicyclic amines) is 1. The first-order chi connectivity index (χ1) is 10.7. The lowest BCUT2D eigenvalue weighted by molar-refractivity contribution is -0.189. The monoisotopic (exact) mass is 326 g/mol. The van der Waals surface area contributed by atoms with Gasteiger partial charge in [0.25, 0.3) is 5.91 Å². The van der Waals surface area contributed by atoms with Gasteiger partial charge >= 0.3 is 6.18 Å². The van der Waals surface area contributed by atoms with Crippen LogP contribution in [-0.2, 0) is 6.42 Å². The van der Waals surface area contributed by atoms with E-state index in [9.17, 15) is 18.0 Å². The van der Waals surface area contributed by atoms with Gasteiger partial charge in [0, 0.05) is 29.9 Å². The molecule has 0 aromatic heterocycles. The predicted octanol–water partition coefficient (Wildman–Crippen LogP) is 3.85. The summed E-state index contributed by atoms with van der Waals surface area (Å²) in [6, 6.07) is 5.43. The normalized spacial score (nSPS) is 23.3. The number of alkyl halides is 3. The predicted molar refractivity (Wildman–Crippen MR) is 82.5 cm³/mol. The van der Waals surface area contributed by atoms with Crippen molar-refractivity contribution in [2.75, 3.05) is 18.4 Å². The summed E-state index contributed by atoms with van der Waals surface area (Å²) in [5.41, 5.74) is 1.16. The molecule has 0 saturated carbocycles. The van der Waals surface area contributed by atoms with Gasteiger partial charge in [-0.1, -0.05) is 6.07 Å². The van der Waals surface area contributed by atoms with Crippen molar-refractivity contribution < 1.29 is 18.0 Å². The van der Waals surface area contributed by atoms with E-state index in [1.165, 1.54) is 18.7 Å². The van der Waals surface area contributed by atoms with Gasteiger partial charge in [0.1, 0.15) is 0 Å². The first-order valence-electron chi connectivity index (χ1n) is 7.97. The standard InChI is InChI=1S/C17H21F3N2O/c1-16(2)14(17(18,19)20)8-10-22(16)15(23)12-5-3-7-13-11(12)6-4-9-21-13/h3,5,7,14,21H,4,6,8-10H2,1-2H3. The number of nitrogens with zero attached hydrogens (tertiary/aromatic N) is 1. The molecule has 1 unspecified atom stereocenters. The number of anilines is 1. The molecule has 1 amide bonds. The fourth-order valence-corrected chi connectivity index (χ4v) is 3.87. The van der Waals surface area contributed by atoms with Gasteiger partial charge in [0.15, 0.2) is 0 Å². The van der Waals surface area contributed by atoms with Crippen LogP contribution in [0.25, 0.3) is 0 Å². The van der Waals surface area contributed by atoms with Crippen LogP contribution < -0.4 is 5.32 Å². The molecule has 0 radical (unpaired) electrons. The van der Waals surface area contributed by atoms with E-state index in [1.54, 1.807) is 12.1 Å². The summed E-state index contributed by atoms with van der Waals surface area (Å²) in [4.78, 5) is 14.3. The largest absolute Gasteiger partial charge is 0.394 e. The van der Waals surface area contributed by atoms with Crippen molar-refractivity contribution in [3.63, 3.8) is 0 Å². The van der Waals surface area contributed by atoms with Crippen LogP contribution in [0.3, 0.4) is 0 Å². The highest BCUT2D eigenvalue weighted by atomic mass is 19.4. The van der Waals surface area contributed by atoms with E-state index in [0.29, 0.717) is 5.56 Å². The molecule has 3 rings (SSSR count). The lowest BCUT2D eigenvalue weighted by Crippen LogP contribution is -2.50. The second-order valence-electron chi connectivity index (χ2n) is 6.86. The molecule has 3 nitrogen and oxygen atoms in total. The second-order valence-corrected chi connectivity index (χ2v) is 6.86. The number of hydrogen-bond acceptors (Lipinski definition) is 2. The van der Waals surface area contributed by atoms with Crippen molar-refractivity contribution in [2.24, 2.45) is 5.92 Å². The van der Waals surface area contributed by atoms with E-state index >= 15 is 0 Å². The molecule has 2 heterocycles. The number of amides is 1. The Morgan fingerprint density at radius 2 is 2.09 bits per heavy atom. The van der Waals surface area contributed by atoms with Crippen LogP contribution in [0.1, 0.15) is 42.6 Å². The quantitative estimate of drug-likeness (QED) is 0.850. The minimum atomic E-state index is -4.28. The molecule has 126 valence electrons. The molecule has 1 aromatic rings. The average molecular weight is 326 g/mol. The van der Waals surface area contributed by atoms with E-state index in [1.807, 2.05) is 6.07 Å². The first kappa shape index (κ1) is 16.1. The number of benzene rings is 1. The lowest BCUT2D eigenvalue weighted by atomic mass is 9.87.